The molecule has 0 amide bonds. The second-order valence-corrected chi connectivity index (χ2v) is 8.57. The van der Waals surface area contributed by atoms with Gasteiger partial charge in [0.05, 0.1) is 0 Å². The molecule has 142 valence electrons. The van der Waals surface area contributed by atoms with Crippen molar-refractivity contribution in [1.29, 1.82) is 0 Å². The minimum absolute atomic E-state index is 0.0568. The first-order valence-electron chi connectivity index (χ1n) is 9.25. The van der Waals surface area contributed by atoms with E-state index >= 15 is 0 Å². The van der Waals surface area contributed by atoms with Crippen LogP contribution in [0.15, 0.2) is 42.5 Å². The van der Waals surface area contributed by atoms with E-state index < -0.39 is 0 Å². The van der Waals surface area contributed by atoms with Gasteiger partial charge in [0.25, 0.3) is 0 Å². The Morgan fingerprint density at radius 1 is 1.00 bits per heavy atom. The highest BCUT2D eigenvalue weighted by Crippen LogP contribution is 2.51. The maximum absolute atomic E-state index is 6.01. The fourth-order valence-corrected chi connectivity index (χ4v) is 5.26. The molecule has 26 heavy (non-hydrogen) atoms. The first-order chi connectivity index (χ1) is 12.5. The van der Waals surface area contributed by atoms with Crippen molar-refractivity contribution in [2.45, 2.75) is 38.8 Å². The van der Waals surface area contributed by atoms with Crippen LogP contribution < -0.4 is 14.9 Å². The highest BCUT2D eigenvalue weighted by molar-refractivity contribution is 7.49. The summed E-state index contributed by atoms with van der Waals surface area (Å²) in [6.45, 7) is 6.97. The highest BCUT2D eigenvalue weighted by Gasteiger charge is 2.33. The van der Waals surface area contributed by atoms with Gasteiger partial charge in [-0.3, -0.25) is 0 Å². The van der Waals surface area contributed by atoms with Crippen molar-refractivity contribution in [2.75, 3.05) is 32.9 Å². The monoisotopic (exact) mass is 373 g/mol. The Labute approximate surface area is 160 Å². The number of methoxy groups -OCH3 is 1. The molecule has 1 unspecified atom stereocenters. The van der Waals surface area contributed by atoms with Gasteiger partial charge in [-0.1, -0.05) is 58.8 Å². The Kier molecular flexibility index (Phi) is 7.49. The van der Waals surface area contributed by atoms with Crippen LogP contribution in [0.25, 0.3) is 0 Å². The third kappa shape index (κ3) is 4.39. The second-order valence-electron chi connectivity index (χ2n) is 6.83. The summed E-state index contributed by atoms with van der Waals surface area (Å²) >= 11 is 0. The summed E-state index contributed by atoms with van der Waals surface area (Å²) in [5.74, 6) is 0.980. The molecule has 0 bridgehead atoms. The smallest absolute Gasteiger partial charge is 0.188 e. The van der Waals surface area contributed by atoms with Gasteiger partial charge in [0.1, 0.15) is 5.75 Å². The molecule has 3 nitrogen and oxygen atoms in total. The molecule has 0 aliphatic carbocycles. The van der Waals surface area contributed by atoms with Crippen LogP contribution in [0.4, 0.5) is 5.69 Å². The normalized spacial score (nSPS) is 11.9. The van der Waals surface area contributed by atoms with Crippen molar-refractivity contribution in [3.63, 3.8) is 0 Å². The molecule has 0 aliphatic rings. The molecule has 0 saturated carbocycles. The summed E-state index contributed by atoms with van der Waals surface area (Å²) in [6, 6.07) is 15.2. The van der Waals surface area contributed by atoms with Gasteiger partial charge >= 0.3 is 0 Å². The molecule has 0 heterocycles. The van der Waals surface area contributed by atoms with E-state index in [0.717, 1.165) is 24.2 Å². The number of anilines is 1. The van der Waals surface area contributed by atoms with Crippen LogP contribution in [0, 0.1) is 6.92 Å². The van der Waals surface area contributed by atoms with Gasteiger partial charge in [-0.2, -0.15) is 0 Å². The molecule has 0 N–H and O–H groups in total. The lowest BCUT2D eigenvalue weighted by atomic mass is 9.90. The van der Waals surface area contributed by atoms with Gasteiger partial charge in [-0.15, -0.1) is 0 Å². The van der Waals surface area contributed by atoms with Crippen molar-refractivity contribution in [2.24, 2.45) is 0 Å². The zero-order valence-electron chi connectivity index (χ0n) is 16.9. The van der Waals surface area contributed by atoms with Crippen LogP contribution in [-0.4, -0.2) is 28.0 Å². The summed E-state index contributed by atoms with van der Waals surface area (Å²) < 4.78 is 11.2. The first kappa shape index (κ1) is 20.7. The molecule has 0 fully saturated rings. The Morgan fingerprint density at radius 3 is 2.31 bits per heavy atom. The molecule has 0 saturated heterocycles. The van der Waals surface area contributed by atoms with E-state index in [2.05, 4.69) is 82.2 Å². The average molecular weight is 373 g/mol. The van der Waals surface area contributed by atoms with E-state index in [9.17, 15) is 0 Å². The van der Waals surface area contributed by atoms with Crippen molar-refractivity contribution < 1.29 is 9.47 Å². The third-order valence-corrected chi connectivity index (χ3v) is 7.16. The predicted octanol–water partition coefficient (Wildman–Crippen LogP) is 5.06. The Morgan fingerprint density at radius 2 is 1.69 bits per heavy atom. The minimum atomic E-state index is 0.0568. The zero-order valence-corrected chi connectivity index (χ0v) is 17.9. The lowest BCUT2D eigenvalue weighted by Crippen LogP contribution is -2.25. The highest BCUT2D eigenvalue weighted by atomic mass is 31.1. The van der Waals surface area contributed by atoms with Crippen LogP contribution in [0.5, 0.6) is 5.75 Å². The standard InChI is InChI=1S/C22H32NO2P/c1-7-22(8-2,26-20-15-10-9-14-19(20)23(4)5)18-13-11-12-17(3)21(18)25-16-24-6/h9-15,26H,7-8,16H2,1-6H3. The topological polar surface area (TPSA) is 21.7 Å². The van der Waals surface area contributed by atoms with Crippen LogP contribution in [-0.2, 0) is 9.89 Å². The Bertz CT molecular complexity index is 711. The van der Waals surface area contributed by atoms with Gasteiger partial charge in [-0.05, 0) is 36.7 Å². The van der Waals surface area contributed by atoms with E-state index in [1.165, 1.54) is 16.6 Å². The van der Waals surface area contributed by atoms with E-state index in [4.69, 9.17) is 9.47 Å². The summed E-state index contributed by atoms with van der Waals surface area (Å²) in [5.41, 5.74) is 3.76. The quantitative estimate of drug-likeness (QED) is 0.453. The van der Waals surface area contributed by atoms with Gasteiger partial charge in [0.15, 0.2) is 6.79 Å². The Hall–Kier alpha value is -1.57. The van der Waals surface area contributed by atoms with Crippen LogP contribution in [0.2, 0.25) is 0 Å². The third-order valence-electron chi connectivity index (χ3n) is 5.02. The summed E-state index contributed by atoms with van der Waals surface area (Å²) in [4.78, 5) is 2.21. The summed E-state index contributed by atoms with van der Waals surface area (Å²) in [7, 11) is 6.56. The minimum Gasteiger partial charge on any atom is -0.467 e. The maximum atomic E-state index is 6.01. The van der Waals surface area contributed by atoms with Crippen molar-refractivity contribution in [3.05, 3.63) is 53.6 Å². The number of aryl methyl sites for hydroxylation is 1. The number of benzene rings is 2. The number of nitrogens with zero attached hydrogens (tertiary/aromatic N) is 1. The molecule has 0 spiro atoms. The number of hydrogen-bond donors (Lipinski definition) is 0. The van der Waals surface area contributed by atoms with Crippen molar-refractivity contribution >= 4 is 19.6 Å². The predicted molar refractivity (Wildman–Crippen MR) is 115 cm³/mol. The fourth-order valence-electron chi connectivity index (χ4n) is 3.44. The van der Waals surface area contributed by atoms with Gasteiger partial charge in [0, 0.05) is 37.6 Å². The molecule has 0 aliphatic heterocycles. The molecule has 0 aromatic heterocycles. The summed E-state index contributed by atoms with van der Waals surface area (Å²) in [6.07, 6.45) is 2.13. The van der Waals surface area contributed by atoms with Gasteiger partial charge in [0.2, 0.25) is 0 Å². The molecule has 0 radical (unpaired) electrons. The lowest BCUT2D eigenvalue weighted by molar-refractivity contribution is 0.0494. The molecule has 2 aromatic carbocycles. The Balaban J connectivity index is 2.53. The molecular formula is C22H32NO2P. The maximum Gasteiger partial charge on any atom is 0.188 e. The second kappa shape index (κ2) is 9.39. The van der Waals surface area contributed by atoms with E-state index in [-0.39, 0.29) is 11.9 Å². The van der Waals surface area contributed by atoms with Crippen LogP contribution in [0.3, 0.4) is 0 Å². The fraction of sp³-hybridized carbons (Fsp3) is 0.455. The first-order valence-corrected chi connectivity index (χ1v) is 10.3. The van der Waals surface area contributed by atoms with E-state index in [1.54, 1.807) is 7.11 Å². The number of hydrogen-bond acceptors (Lipinski definition) is 3. The zero-order chi connectivity index (χ0) is 19.2. The lowest BCUT2D eigenvalue weighted by Gasteiger charge is -2.35. The number of ether oxygens (including phenoxy) is 2. The van der Waals surface area contributed by atoms with Gasteiger partial charge < -0.3 is 14.4 Å². The van der Waals surface area contributed by atoms with Gasteiger partial charge in [-0.25, -0.2) is 0 Å². The average Bonchev–Trinajstić information content (AvgIpc) is 2.65. The molecule has 1 atom stereocenters. The number of rotatable bonds is 9. The van der Waals surface area contributed by atoms with Crippen LogP contribution >= 0.6 is 8.58 Å². The molecular weight excluding hydrogens is 341 g/mol. The summed E-state index contributed by atoms with van der Waals surface area (Å²) in [5, 5.41) is 1.46. The van der Waals surface area contributed by atoms with Crippen LogP contribution in [0.1, 0.15) is 37.8 Å². The molecule has 2 rings (SSSR count). The molecule has 2 aromatic rings. The number of para-hydroxylation sites is 2. The van der Waals surface area contributed by atoms with Crippen molar-refractivity contribution in [1.82, 2.24) is 0 Å². The van der Waals surface area contributed by atoms with E-state index in [1.807, 2.05) is 0 Å². The largest absolute Gasteiger partial charge is 0.467 e. The van der Waals surface area contributed by atoms with E-state index in [0.29, 0.717) is 8.58 Å². The van der Waals surface area contributed by atoms with Crippen molar-refractivity contribution in [3.8, 4) is 5.75 Å². The SMILES string of the molecule is CCC(CC)(Pc1ccccc1N(C)C)c1cccc(C)c1OCOC. The molecule has 4 heteroatoms.